The molecular formula is C15H17NOS2. The zero-order valence-corrected chi connectivity index (χ0v) is 12.8. The van der Waals surface area contributed by atoms with Crippen molar-refractivity contribution in [1.29, 1.82) is 0 Å². The second kappa shape index (κ2) is 6.78. The number of carbonyl (C=O) groups is 1. The topological polar surface area (TPSA) is 20.3 Å². The Bertz CT molecular complexity index is 537. The van der Waals surface area contributed by atoms with Crippen LogP contribution in [0.15, 0.2) is 46.7 Å². The first-order valence-electron chi connectivity index (χ1n) is 6.11. The van der Waals surface area contributed by atoms with Crippen LogP contribution in [0.4, 0.5) is 0 Å². The number of amides is 1. The van der Waals surface area contributed by atoms with Crippen LogP contribution in [-0.2, 0) is 11.3 Å². The normalized spacial score (nSPS) is 10.4. The third kappa shape index (κ3) is 4.11. The summed E-state index contributed by atoms with van der Waals surface area (Å²) in [6.07, 6.45) is 0. The monoisotopic (exact) mass is 291 g/mol. The molecule has 0 aliphatic rings. The van der Waals surface area contributed by atoms with Crippen LogP contribution in [0.3, 0.4) is 0 Å². The van der Waals surface area contributed by atoms with Gasteiger partial charge in [0.2, 0.25) is 5.91 Å². The Balaban J connectivity index is 1.86. The molecule has 2 nitrogen and oxygen atoms in total. The molecule has 0 saturated heterocycles. The van der Waals surface area contributed by atoms with Gasteiger partial charge in [0.15, 0.2) is 0 Å². The molecule has 1 aromatic heterocycles. The number of hydrogen-bond acceptors (Lipinski definition) is 3. The van der Waals surface area contributed by atoms with E-state index >= 15 is 0 Å². The van der Waals surface area contributed by atoms with Gasteiger partial charge in [-0.1, -0.05) is 24.3 Å². The Morgan fingerprint density at radius 2 is 2.05 bits per heavy atom. The summed E-state index contributed by atoms with van der Waals surface area (Å²) < 4.78 is 0. The summed E-state index contributed by atoms with van der Waals surface area (Å²) in [6.45, 7) is 2.77. The molecule has 19 heavy (non-hydrogen) atoms. The van der Waals surface area contributed by atoms with Gasteiger partial charge in [-0.25, -0.2) is 0 Å². The van der Waals surface area contributed by atoms with Gasteiger partial charge in [-0.05, 0) is 30.0 Å². The van der Waals surface area contributed by atoms with Crippen molar-refractivity contribution in [2.24, 2.45) is 0 Å². The molecule has 0 saturated carbocycles. The van der Waals surface area contributed by atoms with Crippen molar-refractivity contribution in [2.75, 3.05) is 12.8 Å². The molecule has 0 aliphatic heterocycles. The summed E-state index contributed by atoms with van der Waals surface area (Å²) in [4.78, 5) is 16.3. The molecule has 100 valence electrons. The molecule has 0 spiro atoms. The SMILES string of the molecule is Cc1ccccc1SCC(=O)N(C)Cc1cccs1. The minimum atomic E-state index is 0.168. The number of thioether (sulfide) groups is 1. The van der Waals surface area contributed by atoms with Gasteiger partial charge in [0, 0.05) is 16.8 Å². The van der Waals surface area contributed by atoms with Crippen LogP contribution >= 0.6 is 23.1 Å². The third-order valence-electron chi connectivity index (χ3n) is 2.84. The molecule has 0 unspecified atom stereocenters. The predicted molar refractivity (Wildman–Crippen MR) is 82.7 cm³/mol. The van der Waals surface area contributed by atoms with Crippen LogP contribution in [0.5, 0.6) is 0 Å². The van der Waals surface area contributed by atoms with Crippen molar-refractivity contribution in [1.82, 2.24) is 4.90 Å². The Morgan fingerprint density at radius 1 is 1.26 bits per heavy atom. The fourth-order valence-corrected chi connectivity index (χ4v) is 3.42. The molecule has 0 atom stereocenters. The zero-order valence-electron chi connectivity index (χ0n) is 11.1. The summed E-state index contributed by atoms with van der Waals surface area (Å²) in [5.74, 6) is 0.661. The highest BCUT2D eigenvalue weighted by molar-refractivity contribution is 8.00. The van der Waals surface area contributed by atoms with E-state index in [1.54, 1.807) is 28.0 Å². The molecule has 0 fully saturated rings. The molecule has 0 radical (unpaired) electrons. The minimum Gasteiger partial charge on any atom is -0.340 e. The number of carbonyl (C=O) groups excluding carboxylic acids is 1. The van der Waals surface area contributed by atoms with Crippen LogP contribution in [0.1, 0.15) is 10.4 Å². The van der Waals surface area contributed by atoms with E-state index in [1.165, 1.54) is 15.3 Å². The Hall–Kier alpha value is -1.26. The molecule has 2 rings (SSSR count). The van der Waals surface area contributed by atoms with Crippen LogP contribution in [0.2, 0.25) is 0 Å². The summed E-state index contributed by atoms with van der Waals surface area (Å²) in [6, 6.07) is 12.2. The maximum absolute atomic E-state index is 12.1. The predicted octanol–water partition coefficient (Wildman–Crippen LogP) is 3.81. The first kappa shape index (κ1) is 14.2. The summed E-state index contributed by atoms with van der Waals surface area (Å²) >= 11 is 3.29. The fourth-order valence-electron chi connectivity index (χ4n) is 1.69. The maximum atomic E-state index is 12.1. The summed E-state index contributed by atoms with van der Waals surface area (Å²) in [7, 11) is 1.86. The van der Waals surface area contributed by atoms with Gasteiger partial charge < -0.3 is 4.90 Å². The highest BCUT2D eigenvalue weighted by Gasteiger charge is 2.10. The molecular weight excluding hydrogens is 274 g/mol. The van der Waals surface area contributed by atoms with Gasteiger partial charge in [0.05, 0.1) is 12.3 Å². The average Bonchev–Trinajstić information content (AvgIpc) is 2.90. The van der Waals surface area contributed by atoms with E-state index in [1.807, 2.05) is 30.6 Å². The number of rotatable bonds is 5. The van der Waals surface area contributed by atoms with Crippen molar-refractivity contribution >= 4 is 29.0 Å². The maximum Gasteiger partial charge on any atom is 0.233 e. The van der Waals surface area contributed by atoms with Gasteiger partial charge in [0.1, 0.15) is 0 Å². The van der Waals surface area contributed by atoms with Crippen molar-refractivity contribution in [2.45, 2.75) is 18.4 Å². The largest absolute Gasteiger partial charge is 0.340 e. The molecule has 0 bridgehead atoms. The lowest BCUT2D eigenvalue weighted by molar-refractivity contribution is -0.127. The lowest BCUT2D eigenvalue weighted by Gasteiger charge is -2.16. The van der Waals surface area contributed by atoms with Crippen molar-refractivity contribution in [3.8, 4) is 0 Å². The van der Waals surface area contributed by atoms with E-state index in [0.29, 0.717) is 12.3 Å². The summed E-state index contributed by atoms with van der Waals surface area (Å²) in [5, 5.41) is 2.04. The van der Waals surface area contributed by atoms with Gasteiger partial charge in [0.25, 0.3) is 0 Å². The van der Waals surface area contributed by atoms with Crippen molar-refractivity contribution in [3.05, 3.63) is 52.2 Å². The summed E-state index contributed by atoms with van der Waals surface area (Å²) in [5.41, 5.74) is 1.22. The lowest BCUT2D eigenvalue weighted by atomic mass is 10.2. The van der Waals surface area contributed by atoms with E-state index in [9.17, 15) is 4.79 Å². The first-order chi connectivity index (χ1) is 9.16. The number of nitrogens with zero attached hydrogens (tertiary/aromatic N) is 1. The number of thiophene rings is 1. The van der Waals surface area contributed by atoms with Gasteiger partial charge in [-0.2, -0.15) is 0 Å². The molecule has 4 heteroatoms. The second-order valence-electron chi connectivity index (χ2n) is 4.38. The van der Waals surface area contributed by atoms with E-state index in [-0.39, 0.29) is 5.91 Å². The van der Waals surface area contributed by atoms with E-state index in [0.717, 1.165) is 0 Å². The minimum absolute atomic E-state index is 0.168. The Labute approximate surface area is 122 Å². The standard InChI is InChI=1S/C15H17NOS2/c1-12-6-3-4-8-14(12)19-11-15(17)16(2)10-13-7-5-9-18-13/h3-9H,10-11H2,1-2H3. The van der Waals surface area contributed by atoms with Crippen molar-refractivity contribution in [3.63, 3.8) is 0 Å². The number of aryl methyl sites for hydroxylation is 1. The van der Waals surface area contributed by atoms with Crippen LogP contribution in [0, 0.1) is 6.92 Å². The zero-order chi connectivity index (χ0) is 13.7. The van der Waals surface area contributed by atoms with E-state index in [4.69, 9.17) is 0 Å². The molecule has 0 N–H and O–H groups in total. The van der Waals surface area contributed by atoms with Crippen LogP contribution in [0.25, 0.3) is 0 Å². The average molecular weight is 291 g/mol. The number of hydrogen-bond donors (Lipinski definition) is 0. The molecule has 1 amide bonds. The molecule has 2 aromatic rings. The Kier molecular flexibility index (Phi) is 5.05. The van der Waals surface area contributed by atoms with Crippen molar-refractivity contribution < 1.29 is 4.79 Å². The molecule has 1 aromatic carbocycles. The van der Waals surface area contributed by atoms with E-state index in [2.05, 4.69) is 25.1 Å². The van der Waals surface area contributed by atoms with Crippen LogP contribution < -0.4 is 0 Å². The van der Waals surface area contributed by atoms with Gasteiger partial charge >= 0.3 is 0 Å². The quantitative estimate of drug-likeness (QED) is 0.781. The molecule has 0 aliphatic carbocycles. The molecule has 1 heterocycles. The fraction of sp³-hybridized carbons (Fsp3) is 0.267. The third-order valence-corrected chi connectivity index (χ3v) is 4.87. The highest BCUT2D eigenvalue weighted by Crippen LogP contribution is 2.22. The van der Waals surface area contributed by atoms with Gasteiger partial charge in [-0.15, -0.1) is 23.1 Å². The Morgan fingerprint density at radius 3 is 2.74 bits per heavy atom. The second-order valence-corrected chi connectivity index (χ2v) is 6.43. The van der Waals surface area contributed by atoms with Gasteiger partial charge in [-0.3, -0.25) is 4.79 Å². The number of benzene rings is 1. The first-order valence-corrected chi connectivity index (χ1v) is 7.98. The van der Waals surface area contributed by atoms with Crippen LogP contribution in [-0.4, -0.2) is 23.6 Å². The smallest absolute Gasteiger partial charge is 0.233 e. The highest BCUT2D eigenvalue weighted by atomic mass is 32.2. The lowest BCUT2D eigenvalue weighted by Crippen LogP contribution is -2.27. The van der Waals surface area contributed by atoms with E-state index < -0.39 is 0 Å².